The van der Waals surface area contributed by atoms with E-state index < -0.39 is 6.04 Å². The molecule has 29 heavy (non-hydrogen) atoms. The molecule has 1 N–H and O–H groups in total. The number of hydrogen-bond donors (Lipinski definition) is 1. The molecule has 0 aliphatic rings. The summed E-state index contributed by atoms with van der Waals surface area (Å²) in [6, 6.07) is 14.9. The van der Waals surface area contributed by atoms with E-state index in [1.54, 1.807) is 18.9 Å². The zero-order chi connectivity index (χ0) is 21.2. The van der Waals surface area contributed by atoms with E-state index in [-0.39, 0.29) is 18.2 Å². The van der Waals surface area contributed by atoms with E-state index >= 15 is 0 Å². The molecule has 156 valence electrons. The number of ether oxygens (including phenoxy) is 1. The van der Waals surface area contributed by atoms with Crippen molar-refractivity contribution in [2.45, 2.75) is 52.6 Å². The zero-order valence-electron chi connectivity index (χ0n) is 17.9. The lowest BCUT2D eigenvalue weighted by atomic mass is 10.1. The number of methoxy groups -OCH3 is 1. The molecule has 0 aliphatic carbocycles. The van der Waals surface area contributed by atoms with E-state index in [2.05, 4.69) is 12.2 Å². The number of aryl methyl sites for hydroxylation is 1. The van der Waals surface area contributed by atoms with Gasteiger partial charge >= 0.3 is 0 Å². The van der Waals surface area contributed by atoms with Crippen LogP contribution in [0.2, 0.25) is 0 Å². The SMILES string of the molecule is CCCCNC(=O)[C@H](C)N(Cc1cccc(OC)c1)C(=O)Cc1ccc(C)cc1. The Morgan fingerprint density at radius 1 is 1.10 bits per heavy atom. The maximum absolute atomic E-state index is 13.1. The lowest BCUT2D eigenvalue weighted by molar-refractivity contribution is -0.140. The van der Waals surface area contributed by atoms with Crippen molar-refractivity contribution in [2.75, 3.05) is 13.7 Å². The molecule has 5 heteroatoms. The van der Waals surface area contributed by atoms with Crippen molar-refractivity contribution in [1.82, 2.24) is 10.2 Å². The summed E-state index contributed by atoms with van der Waals surface area (Å²) in [7, 11) is 1.61. The third kappa shape index (κ3) is 6.93. The Hall–Kier alpha value is -2.82. The zero-order valence-corrected chi connectivity index (χ0v) is 17.9. The first kappa shape index (κ1) is 22.5. The molecule has 0 bridgehead atoms. The Balaban J connectivity index is 2.19. The highest BCUT2D eigenvalue weighted by Gasteiger charge is 2.26. The molecule has 1 atom stereocenters. The summed E-state index contributed by atoms with van der Waals surface area (Å²) < 4.78 is 5.29. The van der Waals surface area contributed by atoms with Gasteiger partial charge in [-0.3, -0.25) is 9.59 Å². The van der Waals surface area contributed by atoms with Gasteiger partial charge < -0.3 is 15.0 Å². The minimum absolute atomic E-state index is 0.0742. The highest BCUT2D eigenvalue weighted by molar-refractivity contribution is 5.88. The monoisotopic (exact) mass is 396 g/mol. The summed E-state index contributed by atoms with van der Waals surface area (Å²) in [4.78, 5) is 27.4. The molecule has 0 heterocycles. The van der Waals surface area contributed by atoms with Crippen LogP contribution < -0.4 is 10.1 Å². The number of unbranched alkanes of at least 4 members (excludes halogenated alkanes) is 1. The van der Waals surface area contributed by atoms with E-state index in [9.17, 15) is 9.59 Å². The Kier molecular flexibility index (Phi) is 8.71. The number of benzene rings is 2. The Morgan fingerprint density at radius 2 is 1.83 bits per heavy atom. The van der Waals surface area contributed by atoms with Crippen LogP contribution in [0.5, 0.6) is 5.75 Å². The fourth-order valence-electron chi connectivity index (χ4n) is 3.07. The fraction of sp³-hybridized carbons (Fsp3) is 0.417. The lowest BCUT2D eigenvalue weighted by Gasteiger charge is -2.29. The number of hydrogen-bond acceptors (Lipinski definition) is 3. The largest absolute Gasteiger partial charge is 0.497 e. The molecule has 2 rings (SSSR count). The molecule has 0 aromatic heterocycles. The maximum atomic E-state index is 13.1. The van der Waals surface area contributed by atoms with Gasteiger partial charge in [0, 0.05) is 13.1 Å². The molecule has 0 radical (unpaired) electrons. The molecule has 0 unspecified atom stereocenters. The number of nitrogens with one attached hydrogen (secondary N) is 1. The predicted octanol–water partition coefficient (Wildman–Crippen LogP) is 3.88. The van der Waals surface area contributed by atoms with Crippen molar-refractivity contribution in [2.24, 2.45) is 0 Å². The van der Waals surface area contributed by atoms with Gasteiger partial charge in [0.1, 0.15) is 11.8 Å². The van der Waals surface area contributed by atoms with Crippen LogP contribution in [0.4, 0.5) is 0 Å². The number of amides is 2. The van der Waals surface area contributed by atoms with Gasteiger partial charge in [0.15, 0.2) is 0 Å². The highest BCUT2D eigenvalue weighted by Crippen LogP contribution is 2.17. The van der Waals surface area contributed by atoms with Gasteiger partial charge in [-0.2, -0.15) is 0 Å². The second-order valence-electron chi connectivity index (χ2n) is 7.36. The van der Waals surface area contributed by atoms with Gasteiger partial charge in [-0.25, -0.2) is 0 Å². The van der Waals surface area contributed by atoms with Crippen LogP contribution in [-0.4, -0.2) is 36.4 Å². The minimum Gasteiger partial charge on any atom is -0.497 e. The third-order valence-electron chi connectivity index (χ3n) is 4.96. The average Bonchev–Trinajstić information content (AvgIpc) is 2.73. The summed E-state index contributed by atoms with van der Waals surface area (Å²) in [5.41, 5.74) is 3.02. The summed E-state index contributed by atoms with van der Waals surface area (Å²) in [5, 5.41) is 2.94. The molecule has 0 fully saturated rings. The Labute approximate surface area is 174 Å². The minimum atomic E-state index is -0.559. The molecular formula is C24H32N2O3. The second kappa shape index (κ2) is 11.2. The van der Waals surface area contributed by atoms with Gasteiger partial charge in [0.2, 0.25) is 11.8 Å². The molecular weight excluding hydrogens is 364 g/mol. The molecule has 0 saturated heterocycles. The average molecular weight is 397 g/mol. The molecule has 2 aromatic carbocycles. The van der Waals surface area contributed by atoms with Crippen LogP contribution in [0.1, 0.15) is 43.4 Å². The summed E-state index contributed by atoms with van der Waals surface area (Å²) >= 11 is 0. The topological polar surface area (TPSA) is 58.6 Å². The van der Waals surface area contributed by atoms with Crippen LogP contribution in [0.15, 0.2) is 48.5 Å². The van der Waals surface area contributed by atoms with Crippen molar-refractivity contribution < 1.29 is 14.3 Å². The quantitative estimate of drug-likeness (QED) is 0.620. The van der Waals surface area contributed by atoms with Crippen LogP contribution in [-0.2, 0) is 22.6 Å². The van der Waals surface area contributed by atoms with Crippen molar-refractivity contribution in [3.05, 3.63) is 65.2 Å². The van der Waals surface area contributed by atoms with Crippen molar-refractivity contribution in [3.63, 3.8) is 0 Å². The van der Waals surface area contributed by atoms with E-state index in [1.165, 1.54) is 0 Å². The van der Waals surface area contributed by atoms with Gasteiger partial charge in [0.05, 0.1) is 13.5 Å². The first-order valence-corrected chi connectivity index (χ1v) is 10.2. The van der Waals surface area contributed by atoms with E-state index in [4.69, 9.17) is 4.74 Å². The van der Waals surface area contributed by atoms with E-state index in [1.807, 2.05) is 55.5 Å². The maximum Gasteiger partial charge on any atom is 0.242 e. The number of nitrogens with zero attached hydrogens (tertiary/aromatic N) is 1. The third-order valence-corrected chi connectivity index (χ3v) is 4.96. The Bertz CT molecular complexity index is 802. The molecule has 0 saturated carbocycles. The molecule has 2 amide bonds. The van der Waals surface area contributed by atoms with E-state index in [0.717, 1.165) is 35.3 Å². The summed E-state index contributed by atoms with van der Waals surface area (Å²) in [5.74, 6) is 0.530. The number of carbonyl (C=O) groups is 2. The molecule has 0 spiro atoms. The van der Waals surface area contributed by atoms with Crippen LogP contribution in [0, 0.1) is 6.92 Å². The highest BCUT2D eigenvalue weighted by atomic mass is 16.5. The van der Waals surface area contributed by atoms with Crippen LogP contribution >= 0.6 is 0 Å². The smallest absolute Gasteiger partial charge is 0.242 e. The second-order valence-corrected chi connectivity index (χ2v) is 7.36. The Morgan fingerprint density at radius 3 is 2.48 bits per heavy atom. The first-order chi connectivity index (χ1) is 13.9. The van der Waals surface area contributed by atoms with Gasteiger partial charge in [-0.1, -0.05) is 55.3 Å². The van der Waals surface area contributed by atoms with Crippen LogP contribution in [0.3, 0.4) is 0 Å². The van der Waals surface area contributed by atoms with Gasteiger partial charge in [0.25, 0.3) is 0 Å². The standard InChI is InChI=1S/C24H32N2O3/c1-5-6-14-25-24(28)19(3)26(17-21-8-7-9-22(15-21)29-4)23(27)16-20-12-10-18(2)11-13-20/h7-13,15,19H,5-6,14,16-17H2,1-4H3,(H,25,28)/t19-/m0/s1. The van der Waals surface area contributed by atoms with Crippen LogP contribution in [0.25, 0.3) is 0 Å². The number of carbonyl (C=O) groups excluding carboxylic acids is 2. The molecule has 2 aromatic rings. The van der Waals surface area contributed by atoms with E-state index in [0.29, 0.717) is 13.1 Å². The molecule has 0 aliphatic heterocycles. The predicted molar refractivity (Wildman–Crippen MR) is 116 cm³/mol. The van der Waals surface area contributed by atoms with Crippen molar-refractivity contribution in [3.8, 4) is 5.75 Å². The number of rotatable bonds is 10. The van der Waals surface area contributed by atoms with Gasteiger partial charge in [-0.05, 0) is 43.5 Å². The van der Waals surface area contributed by atoms with Crippen molar-refractivity contribution in [1.29, 1.82) is 0 Å². The first-order valence-electron chi connectivity index (χ1n) is 10.2. The lowest BCUT2D eigenvalue weighted by Crippen LogP contribution is -2.48. The van der Waals surface area contributed by atoms with Gasteiger partial charge in [-0.15, -0.1) is 0 Å². The fourth-order valence-corrected chi connectivity index (χ4v) is 3.07. The normalized spacial score (nSPS) is 11.6. The molecule has 5 nitrogen and oxygen atoms in total. The summed E-state index contributed by atoms with van der Waals surface area (Å²) in [6.07, 6.45) is 2.19. The summed E-state index contributed by atoms with van der Waals surface area (Å²) in [6.45, 7) is 6.86. The van der Waals surface area contributed by atoms with Crippen molar-refractivity contribution >= 4 is 11.8 Å².